The summed E-state index contributed by atoms with van der Waals surface area (Å²) >= 11 is 5.59. The summed E-state index contributed by atoms with van der Waals surface area (Å²) in [5.41, 5.74) is 0. The molecule has 0 aromatic carbocycles. The molecule has 1 atom stereocenters. The summed E-state index contributed by atoms with van der Waals surface area (Å²) in [5, 5.41) is 7.26. The number of nitrogens with one attached hydrogen (secondary N) is 1. The van der Waals surface area contributed by atoms with Crippen molar-refractivity contribution in [2.45, 2.75) is 4.33 Å². The van der Waals surface area contributed by atoms with Crippen LogP contribution in [-0.4, -0.2) is 12.7 Å². The van der Waals surface area contributed by atoms with Gasteiger partial charge in [-0.25, -0.2) is 13.6 Å². The van der Waals surface area contributed by atoms with Crippen LogP contribution in [0.25, 0.3) is 0 Å². The Morgan fingerprint density at radius 3 is 2.36 bits per heavy atom. The number of primary sulfonamides is 1. The van der Waals surface area contributed by atoms with Crippen molar-refractivity contribution in [2.75, 3.05) is 0 Å². The Morgan fingerprint density at radius 1 is 1.45 bits per heavy atom. The normalized spacial score (nSPS) is 30.0. The van der Waals surface area contributed by atoms with E-state index in [1.165, 1.54) is 18.4 Å². The van der Waals surface area contributed by atoms with Gasteiger partial charge in [-0.05, 0) is 18.4 Å². The molecule has 4 nitrogen and oxygen atoms in total. The van der Waals surface area contributed by atoms with E-state index in [2.05, 4.69) is 5.32 Å². The number of alkyl halides is 1. The van der Waals surface area contributed by atoms with Gasteiger partial charge in [0, 0.05) is 0 Å². The van der Waals surface area contributed by atoms with Crippen LogP contribution in [-0.2, 0) is 10.0 Å². The minimum absolute atomic E-state index is 1.27. The molecule has 1 aliphatic rings. The molecule has 0 spiro atoms. The van der Waals surface area contributed by atoms with E-state index in [-0.39, 0.29) is 0 Å². The fourth-order valence-electron chi connectivity index (χ4n) is 0.622. The molecule has 0 aliphatic carbocycles. The van der Waals surface area contributed by atoms with E-state index in [4.69, 9.17) is 16.7 Å². The van der Waals surface area contributed by atoms with Crippen molar-refractivity contribution in [3.63, 3.8) is 0 Å². The lowest BCUT2D eigenvalue weighted by atomic mass is 10.4. The second-order valence-electron chi connectivity index (χ2n) is 2.05. The monoisotopic (exact) mass is 194 g/mol. The van der Waals surface area contributed by atoms with Gasteiger partial charge in [0.1, 0.15) is 0 Å². The molecule has 1 heterocycles. The summed E-state index contributed by atoms with van der Waals surface area (Å²) in [4.78, 5) is 0. The zero-order valence-electron chi connectivity index (χ0n) is 5.49. The zero-order valence-corrected chi connectivity index (χ0v) is 7.06. The first-order valence-electron chi connectivity index (χ1n) is 2.79. The lowest BCUT2D eigenvalue weighted by Crippen LogP contribution is -2.47. The van der Waals surface area contributed by atoms with Crippen molar-refractivity contribution in [3.05, 3.63) is 24.4 Å². The maximum atomic E-state index is 10.8. The zero-order chi connectivity index (χ0) is 8.54. The predicted octanol–water partition coefficient (Wildman–Crippen LogP) is -0.159. The van der Waals surface area contributed by atoms with Gasteiger partial charge in [-0.2, -0.15) is 0 Å². The van der Waals surface area contributed by atoms with Gasteiger partial charge in [0.05, 0.1) is 0 Å². The number of sulfonamides is 1. The molecule has 1 aliphatic heterocycles. The third-order valence-electron chi connectivity index (χ3n) is 1.21. The molecule has 0 bridgehead atoms. The predicted molar refractivity (Wildman–Crippen MR) is 43.1 cm³/mol. The minimum atomic E-state index is -3.81. The average molecular weight is 195 g/mol. The number of nitrogens with two attached hydrogens (primary N) is 1. The molecule has 0 radical (unpaired) electrons. The van der Waals surface area contributed by atoms with Crippen LogP contribution in [0.1, 0.15) is 0 Å². The topological polar surface area (TPSA) is 72.2 Å². The molecular weight excluding hydrogens is 188 g/mol. The van der Waals surface area contributed by atoms with Crippen LogP contribution in [0.2, 0.25) is 0 Å². The van der Waals surface area contributed by atoms with Gasteiger partial charge in [0.15, 0.2) is 0 Å². The molecule has 0 aromatic heterocycles. The average Bonchev–Trinajstić information content (AvgIpc) is 1.87. The molecule has 0 amide bonds. The molecular formula is C5H7ClN2O2S. The smallest absolute Gasteiger partial charge is 0.251 e. The Kier molecular flexibility index (Phi) is 1.96. The third kappa shape index (κ3) is 1.55. The first kappa shape index (κ1) is 8.58. The Balaban J connectivity index is 3.04. The van der Waals surface area contributed by atoms with Crippen molar-refractivity contribution in [1.82, 2.24) is 5.32 Å². The standard InChI is InChI=1S/C5H7ClN2O2S/c6-5(11(7,9)10)3-1-2-4-8-5/h1-4,8H,(H2,7,9,10). The van der Waals surface area contributed by atoms with Gasteiger partial charge in [-0.3, -0.25) is 0 Å². The highest BCUT2D eigenvalue weighted by Crippen LogP contribution is 2.20. The highest BCUT2D eigenvalue weighted by atomic mass is 35.5. The van der Waals surface area contributed by atoms with Crippen LogP contribution in [0.15, 0.2) is 24.4 Å². The van der Waals surface area contributed by atoms with Crippen LogP contribution >= 0.6 is 11.6 Å². The van der Waals surface area contributed by atoms with Crippen molar-refractivity contribution in [3.8, 4) is 0 Å². The van der Waals surface area contributed by atoms with Crippen LogP contribution in [0, 0.1) is 0 Å². The van der Waals surface area contributed by atoms with Gasteiger partial charge < -0.3 is 5.32 Å². The Labute approximate surface area is 69.8 Å². The number of halogens is 1. The molecule has 0 saturated carbocycles. The summed E-state index contributed by atoms with van der Waals surface area (Å²) < 4.78 is 19.9. The second-order valence-corrected chi connectivity index (χ2v) is 4.61. The van der Waals surface area contributed by atoms with E-state index in [1.54, 1.807) is 6.08 Å². The molecule has 0 fully saturated rings. The number of hydrogen-bond donors (Lipinski definition) is 2. The number of dihydropyridines is 1. The number of hydrogen-bond acceptors (Lipinski definition) is 3. The van der Waals surface area contributed by atoms with Gasteiger partial charge in [0.2, 0.25) is 4.33 Å². The van der Waals surface area contributed by atoms with Crippen molar-refractivity contribution < 1.29 is 8.42 Å². The third-order valence-corrected chi connectivity index (χ3v) is 3.17. The molecule has 1 unspecified atom stereocenters. The SMILES string of the molecule is NS(=O)(=O)C1(Cl)C=CC=CN1. The Hall–Kier alpha value is -0.520. The molecule has 11 heavy (non-hydrogen) atoms. The molecule has 62 valence electrons. The minimum Gasteiger partial charge on any atom is -0.356 e. The summed E-state index contributed by atoms with van der Waals surface area (Å²) in [6.07, 6.45) is 5.81. The summed E-state index contributed by atoms with van der Waals surface area (Å²) in [5.74, 6) is 0. The lowest BCUT2D eigenvalue weighted by Gasteiger charge is -2.22. The molecule has 6 heteroatoms. The van der Waals surface area contributed by atoms with Crippen LogP contribution in [0.3, 0.4) is 0 Å². The number of allylic oxidation sites excluding steroid dienone is 2. The quantitative estimate of drug-likeness (QED) is 0.450. The highest BCUT2D eigenvalue weighted by Gasteiger charge is 2.36. The largest absolute Gasteiger partial charge is 0.356 e. The van der Waals surface area contributed by atoms with Gasteiger partial charge >= 0.3 is 0 Å². The van der Waals surface area contributed by atoms with Crippen LogP contribution < -0.4 is 10.5 Å². The molecule has 0 aromatic rings. The first-order chi connectivity index (χ1) is 4.96. The fourth-order valence-corrected chi connectivity index (χ4v) is 1.26. The van der Waals surface area contributed by atoms with E-state index >= 15 is 0 Å². The maximum Gasteiger partial charge on any atom is 0.251 e. The van der Waals surface area contributed by atoms with Crippen LogP contribution in [0.4, 0.5) is 0 Å². The first-order valence-corrected chi connectivity index (χ1v) is 4.71. The van der Waals surface area contributed by atoms with E-state index in [0.29, 0.717) is 0 Å². The number of rotatable bonds is 1. The fraction of sp³-hybridized carbons (Fsp3) is 0.200. The summed E-state index contributed by atoms with van der Waals surface area (Å²) in [6.45, 7) is 0. The molecule has 0 saturated heterocycles. The Bertz CT molecular complexity index is 308. The van der Waals surface area contributed by atoms with Crippen LogP contribution in [0.5, 0.6) is 0 Å². The maximum absolute atomic E-state index is 10.8. The van der Waals surface area contributed by atoms with E-state index in [9.17, 15) is 8.42 Å². The van der Waals surface area contributed by atoms with Crippen molar-refractivity contribution in [2.24, 2.45) is 5.14 Å². The van der Waals surface area contributed by atoms with Gasteiger partial charge in [-0.1, -0.05) is 17.7 Å². The van der Waals surface area contributed by atoms with Crippen molar-refractivity contribution >= 4 is 21.6 Å². The van der Waals surface area contributed by atoms with Gasteiger partial charge in [0.25, 0.3) is 10.0 Å². The Morgan fingerprint density at radius 2 is 2.09 bits per heavy atom. The summed E-state index contributed by atoms with van der Waals surface area (Å²) in [7, 11) is -3.81. The summed E-state index contributed by atoms with van der Waals surface area (Å²) in [6, 6.07) is 0. The van der Waals surface area contributed by atoms with E-state index < -0.39 is 14.4 Å². The van der Waals surface area contributed by atoms with E-state index in [1.807, 2.05) is 0 Å². The van der Waals surface area contributed by atoms with Gasteiger partial charge in [-0.15, -0.1) is 0 Å². The molecule has 3 N–H and O–H groups in total. The molecule has 1 rings (SSSR count). The lowest BCUT2D eigenvalue weighted by molar-refractivity contribution is 0.575. The van der Waals surface area contributed by atoms with Crippen molar-refractivity contribution in [1.29, 1.82) is 0 Å². The highest BCUT2D eigenvalue weighted by molar-refractivity contribution is 7.92. The van der Waals surface area contributed by atoms with E-state index in [0.717, 1.165) is 0 Å². The second kappa shape index (κ2) is 2.51.